The number of rotatable bonds is 6. The van der Waals surface area contributed by atoms with E-state index in [1.807, 2.05) is 6.92 Å². The van der Waals surface area contributed by atoms with E-state index in [1.165, 1.54) is 0 Å². The molecule has 1 rings (SSSR count). The van der Waals surface area contributed by atoms with Gasteiger partial charge >= 0.3 is 18.0 Å². The maximum Gasteiger partial charge on any atom is 0.326 e. The van der Waals surface area contributed by atoms with Crippen molar-refractivity contribution in [1.82, 2.24) is 10.6 Å². The minimum absolute atomic E-state index is 0.114. The molecule has 0 heterocycles. The quantitative estimate of drug-likeness (QED) is 0.525. The van der Waals surface area contributed by atoms with Crippen molar-refractivity contribution in [3.63, 3.8) is 0 Å². The van der Waals surface area contributed by atoms with Gasteiger partial charge in [-0.1, -0.05) is 6.92 Å². The standard InChI is InChI=1S/C10H16N2O5/c1-10(2-3-10)5-11-9(17)12-6(8(15)16)4-7(13)14/h6H,2-5H2,1H3,(H,13,14)(H,15,16)(H2,11,12,17)/t6-/m0/s1. The van der Waals surface area contributed by atoms with Gasteiger partial charge in [0.05, 0.1) is 6.42 Å². The van der Waals surface area contributed by atoms with Crippen molar-refractivity contribution in [3.05, 3.63) is 0 Å². The third-order valence-corrected chi connectivity index (χ3v) is 2.76. The number of amides is 2. The van der Waals surface area contributed by atoms with Crippen LogP contribution in [0.1, 0.15) is 26.2 Å². The number of urea groups is 1. The predicted molar refractivity (Wildman–Crippen MR) is 57.6 cm³/mol. The number of carbonyl (C=O) groups excluding carboxylic acids is 1. The molecular weight excluding hydrogens is 228 g/mol. The zero-order chi connectivity index (χ0) is 13.1. The van der Waals surface area contributed by atoms with E-state index >= 15 is 0 Å². The molecule has 0 aromatic rings. The first kappa shape index (κ1) is 13.3. The Hall–Kier alpha value is -1.79. The lowest BCUT2D eigenvalue weighted by Gasteiger charge is -2.15. The first-order chi connectivity index (χ1) is 7.82. The fourth-order valence-corrected chi connectivity index (χ4v) is 1.27. The summed E-state index contributed by atoms with van der Waals surface area (Å²) >= 11 is 0. The van der Waals surface area contributed by atoms with E-state index in [9.17, 15) is 14.4 Å². The lowest BCUT2D eigenvalue weighted by Crippen LogP contribution is -2.47. The zero-order valence-electron chi connectivity index (χ0n) is 9.52. The topological polar surface area (TPSA) is 116 Å². The Bertz CT molecular complexity index is 338. The molecule has 1 fully saturated rings. The van der Waals surface area contributed by atoms with Gasteiger partial charge in [-0.25, -0.2) is 9.59 Å². The van der Waals surface area contributed by atoms with Gasteiger partial charge in [-0.15, -0.1) is 0 Å². The van der Waals surface area contributed by atoms with Crippen LogP contribution in [0.2, 0.25) is 0 Å². The van der Waals surface area contributed by atoms with Gasteiger partial charge in [-0.2, -0.15) is 0 Å². The van der Waals surface area contributed by atoms with Crippen LogP contribution in [-0.2, 0) is 9.59 Å². The number of hydrogen-bond acceptors (Lipinski definition) is 3. The molecule has 0 bridgehead atoms. The monoisotopic (exact) mass is 244 g/mol. The van der Waals surface area contributed by atoms with Crippen molar-refractivity contribution in [1.29, 1.82) is 0 Å². The summed E-state index contributed by atoms with van der Waals surface area (Å²) in [5, 5.41) is 21.8. The van der Waals surface area contributed by atoms with Gasteiger partial charge in [0.2, 0.25) is 0 Å². The summed E-state index contributed by atoms with van der Waals surface area (Å²) in [7, 11) is 0. The minimum atomic E-state index is -1.40. The predicted octanol–water partition coefficient (Wildman–Crippen LogP) is 0.0136. The molecule has 1 aliphatic carbocycles. The van der Waals surface area contributed by atoms with Crippen LogP contribution in [0.15, 0.2) is 0 Å². The summed E-state index contributed by atoms with van der Waals surface area (Å²) in [5.74, 6) is -2.63. The van der Waals surface area contributed by atoms with Crippen LogP contribution in [0.25, 0.3) is 0 Å². The van der Waals surface area contributed by atoms with Gasteiger partial charge < -0.3 is 20.8 Å². The first-order valence-electron chi connectivity index (χ1n) is 5.31. The van der Waals surface area contributed by atoms with Crippen molar-refractivity contribution in [3.8, 4) is 0 Å². The van der Waals surface area contributed by atoms with E-state index in [0.29, 0.717) is 6.54 Å². The molecule has 17 heavy (non-hydrogen) atoms. The summed E-state index contributed by atoms with van der Waals surface area (Å²) < 4.78 is 0. The Morgan fingerprint density at radius 3 is 2.29 bits per heavy atom. The Kier molecular flexibility index (Phi) is 3.93. The molecule has 7 nitrogen and oxygen atoms in total. The fourth-order valence-electron chi connectivity index (χ4n) is 1.27. The lowest BCUT2D eigenvalue weighted by molar-refractivity contribution is -0.145. The number of nitrogens with one attached hydrogen (secondary N) is 2. The van der Waals surface area contributed by atoms with Crippen LogP contribution in [0.4, 0.5) is 4.79 Å². The Morgan fingerprint density at radius 2 is 1.88 bits per heavy atom. The zero-order valence-corrected chi connectivity index (χ0v) is 9.52. The van der Waals surface area contributed by atoms with Crippen LogP contribution in [0, 0.1) is 5.41 Å². The number of hydrogen-bond donors (Lipinski definition) is 4. The van der Waals surface area contributed by atoms with Crippen LogP contribution in [0.5, 0.6) is 0 Å². The second-order valence-electron chi connectivity index (χ2n) is 4.63. The molecule has 0 saturated heterocycles. The van der Waals surface area contributed by atoms with Crippen LogP contribution >= 0.6 is 0 Å². The number of carboxylic acid groups (broad SMARTS) is 2. The van der Waals surface area contributed by atoms with Gasteiger partial charge in [0, 0.05) is 6.54 Å². The molecular formula is C10H16N2O5. The lowest BCUT2D eigenvalue weighted by atomic mass is 10.1. The number of aliphatic carboxylic acids is 2. The largest absolute Gasteiger partial charge is 0.481 e. The van der Waals surface area contributed by atoms with E-state index < -0.39 is 30.4 Å². The van der Waals surface area contributed by atoms with Crippen molar-refractivity contribution in [2.45, 2.75) is 32.2 Å². The average molecular weight is 244 g/mol. The number of carbonyl (C=O) groups is 3. The highest BCUT2D eigenvalue weighted by Gasteiger charge is 2.37. The number of carboxylic acids is 2. The maximum atomic E-state index is 11.3. The molecule has 0 radical (unpaired) electrons. The maximum absolute atomic E-state index is 11.3. The third-order valence-electron chi connectivity index (χ3n) is 2.76. The van der Waals surface area contributed by atoms with Crippen molar-refractivity contribution in [2.75, 3.05) is 6.54 Å². The van der Waals surface area contributed by atoms with Crippen LogP contribution < -0.4 is 10.6 Å². The Labute approximate surface area is 98.2 Å². The van der Waals surface area contributed by atoms with E-state index in [0.717, 1.165) is 12.8 Å². The van der Waals surface area contributed by atoms with Gasteiger partial charge in [0.25, 0.3) is 0 Å². The van der Waals surface area contributed by atoms with Crippen LogP contribution in [-0.4, -0.2) is 40.8 Å². The van der Waals surface area contributed by atoms with Crippen LogP contribution in [0.3, 0.4) is 0 Å². The fraction of sp³-hybridized carbons (Fsp3) is 0.700. The Balaban J connectivity index is 2.35. The molecule has 96 valence electrons. The SMILES string of the molecule is CC1(CNC(=O)N[C@@H](CC(=O)O)C(=O)O)CC1. The normalized spacial score (nSPS) is 17.9. The highest BCUT2D eigenvalue weighted by molar-refractivity contribution is 5.86. The minimum Gasteiger partial charge on any atom is -0.481 e. The summed E-state index contributed by atoms with van der Waals surface area (Å²) in [6.45, 7) is 2.48. The smallest absolute Gasteiger partial charge is 0.326 e. The van der Waals surface area contributed by atoms with E-state index in [1.54, 1.807) is 0 Å². The first-order valence-corrected chi connectivity index (χ1v) is 5.31. The van der Waals surface area contributed by atoms with E-state index in [4.69, 9.17) is 10.2 Å². The Morgan fingerprint density at radius 1 is 1.29 bits per heavy atom. The molecule has 7 heteroatoms. The highest BCUT2D eigenvalue weighted by Crippen LogP contribution is 2.43. The average Bonchev–Trinajstić information content (AvgIpc) is 2.93. The van der Waals surface area contributed by atoms with Crippen molar-refractivity contribution in [2.24, 2.45) is 5.41 Å². The van der Waals surface area contributed by atoms with E-state index in [2.05, 4.69) is 10.6 Å². The molecule has 0 aliphatic heterocycles. The van der Waals surface area contributed by atoms with Gasteiger partial charge in [0.15, 0.2) is 0 Å². The molecule has 4 N–H and O–H groups in total. The second-order valence-corrected chi connectivity index (χ2v) is 4.63. The van der Waals surface area contributed by atoms with Crippen molar-refractivity contribution >= 4 is 18.0 Å². The van der Waals surface area contributed by atoms with Gasteiger partial charge in [-0.3, -0.25) is 4.79 Å². The summed E-state index contributed by atoms with van der Waals surface area (Å²) in [6, 6.07) is -2.05. The summed E-state index contributed by atoms with van der Waals surface area (Å²) in [5.41, 5.74) is 0.114. The second kappa shape index (κ2) is 5.03. The summed E-state index contributed by atoms with van der Waals surface area (Å²) in [6.07, 6.45) is 1.43. The summed E-state index contributed by atoms with van der Waals surface area (Å²) in [4.78, 5) is 32.4. The van der Waals surface area contributed by atoms with Gasteiger partial charge in [0.1, 0.15) is 6.04 Å². The van der Waals surface area contributed by atoms with E-state index in [-0.39, 0.29) is 5.41 Å². The molecule has 1 saturated carbocycles. The molecule has 0 spiro atoms. The van der Waals surface area contributed by atoms with Gasteiger partial charge in [-0.05, 0) is 18.3 Å². The molecule has 0 aromatic carbocycles. The molecule has 1 atom stereocenters. The molecule has 1 aliphatic rings. The third kappa shape index (κ3) is 4.71. The van der Waals surface area contributed by atoms with Crippen molar-refractivity contribution < 1.29 is 24.6 Å². The molecule has 2 amide bonds. The highest BCUT2D eigenvalue weighted by atomic mass is 16.4. The molecule has 0 aromatic heterocycles. The molecule has 0 unspecified atom stereocenters.